The molecule has 6 heteroatoms. The van der Waals surface area contributed by atoms with Gasteiger partial charge in [-0.3, -0.25) is 4.79 Å². The molecule has 0 spiro atoms. The Morgan fingerprint density at radius 2 is 2.05 bits per heavy atom. The third-order valence-electron chi connectivity index (χ3n) is 2.83. The summed E-state index contributed by atoms with van der Waals surface area (Å²) in [5, 5.41) is 9.90. The van der Waals surface area contributed by atoms with Gasteiger partial charge < -0.3 is 14.7 Å². The normalized spacial score (nSPS) is 13.7. The maximum absolute atomic E-state index is 12.1. The summed E-state index contributed by atoms with van der Waals surface area (Å²) < 4.78 is 5.55. The highest BCUT2D eigenvalue weighted by Gasteiger charge is 2.20. The van der Waals surface area contributed by atoms with E-state index in [9.17, 15) is 9.90 Å². The number of hydrogen-bond acceptors (Lipinski definition) is 3. The van der Waals surface area contributed by atoms with Crippen LogP contribution in [0.1, 0.15) is 20.3 Å². The summed E-state index contributed by atoms with van der Waals surface area (Å²) >= 11 is 11.9. The number of amides is 1. The van der Waals surface area contributed by atoms with E-state index < -0.39 is 12.2 Å². The smallest absolute Gasteiger partial charge is 0.263 e. The first-order chi connectivity index (χ1) is 9.32. The number of aliphatic hydroxyl groups excluding tert-OH is 1. The molecule has 1 N–H and O–H groups in total. The van der Waals surface area contributed by atoms with Gasteiger partial charge in [0.15, 0.2) is 6.10 Å². The van der Waals surface area contributed by atoms with E-state index in [4.69, 9.17) is 27.9 Å². The zero-order chi connectivity index (χ0) is 15.3. The lowest BCUT2D eigenvalue weighted by Crippen LogP contribution is -2.39. The van der Waals surface area contributed by atoms with Gasteiger partial charge in [0.05, 0.1) is 11.1 Å². The molecule has 112 valence electrons. The largest absolute Gasteiger partial charge is 0.479 e. The topological polar surface area (TPSA) is 49.8 Å². The molecule has 0 aliphatic heterocycles. The highest BCUT2D eigenvalue weighted by Crippen LogP contribution is 2.32. The Morgan fingerprint density at radius 1 is 1.40 bits per heavy atom. The molecule has 2 atom stereocenters. The molecular weight excluding hydrogens is 301 g/mol. The van der Waals surface area contributed by atoms with E-state index in [0.29, 0.717) is 28.8 Å². The monoisotopic (exact) mass is 319 g/mol. The molecule has 1 amide bonds. The van der Waals surface area contributed by atoms with E-state index in [-0.39, 0.29) is 5.91 Å². The summed E-state index contributed by atoms with van der Waals surface area (Å²) in [5.41, 5.74) is 0. The first-order valence-corrected chi connectivity index (χ1v) is 7.12. The van der Waals surface area contributed by atoms with Crippen LogP contribution >= 0.6 is 23.2 Å². The fourth-order valence-electron chi connectivity index (χ4n) is 1.62. The first kappa shape index (κ1) is 17.1. The molecule has 2 unspecified atom stereocenters. The first-order valence-electron chi connectivity index (χ1n) is 6.36. The van der Waals surface area contributed by atoms with Crippen LogP contribution in [0.5, 0.6) is 5.75 Å². The van der Waals surface area contributed by atoms with E-state index in [1.54, 1.807) is 39.1 Å². The van der Waals surface area contributed by atoms with Gasteiger partial charge in [0.1, 0.15) is 10.8 Å². The number of nitrogens with zero attached hydrogens (tertiary/aromatic N) is 1. The fourth-order valence-corrected chi connectivity index (χ4v) is 1.95. The number of rotatable bonds is 6. The lowest BCUT2D eigenvalue weighted by molar-refractivity contribution is -0.136. The molecule has 1 aromatic rings. The third kappa shape index (κ3) is 4.85. The molecule has 1 aromatic carbocycles. The summed E-state index contributed by atoms with van der Waals surface area (Å²) in [6.45, 7) is 3.80. The van der Waals surface area contributed by atoms with E-state index in [0.717, 1.165) is 0 Å². The van der Waals surface area contributed by atoms with Gasteiger partial charge in [-0.1, -0.05) is 29.3 Å². The molecule has 1 rings (SSSR count). The van der Waals surface area contributed by atoms with E-state index in [2.05, 4.69) is 0 Å². The Bertz CT molecular complexity index is 466. The van der Waals surface area contributed by atoms with Crippen molar-refractivity contribution in [3.63, 3.8) is 0 Å². The quantitative estimate of drug-likeness (QED) is 0.877. The van der Waals surface area contributed by atoms with E-state index >= 15 is 0 Å². The van der Waals surface area contributed by atoms with Crippen molar-refractivity contribution < 1.29 is 14.6 Å². The van der Waals surface area contributed by atoms with Crippen LogP contribution in [-0.4, -0.2) is 41.7 Å². The number of likely N-dealkylation sites (N-methyl/N-ethyl adjacent to an activating group) is 1. The minimum absolute atomic E-state index is 0.179. The van der Waals surface area contributed by atoms with Crippen molar-refractivity contribution in [2.45, 2.75) is 32.5 Å². The number of carbonyl (C=O) groups is 1. The summed E-state index contributed by atoms with van der Waals surface area (Å²) in [6.07, 6.45) is -0.596. The predicted molar refractivity (Wildman–Crippen MR) is 80.5 cm³/mol. The van der Waals surface area contributed by atoms with Gasteiger partial charge in [0.25, 0.3) is 5.91 Å². The SMILES string of the molecule is CC(O)CCN(C)C(=O)C(C)Oc1cccc(Cl)c1Cl. The molecule has 0 saturated heterocycles. The number of carbonyl (C=O) groups excluding carboxylic acids is 1. The van der Waals surface area contributed by atoms with Crippen LogP contribution in [0.2, 0.25) is 10.0 Å². The van der Waals surface area contributed by atoms with Crippen molar-refractivity contribution in [2.75, 3.05) is 13.6 Å². The van der Waals surface area contributed by atoms with Gasteiger partial charge >= 0.3 is 0 Å². The summed E-state index contributed by atoms with van der Waals surface area (Å²) in [5.74, 6) is 0.200. The van der Waals surface area contributed by atoms with Crippen LogP contribution in [0.3, 0.4) is 0 Å². The Balaban J connectivity index is 2.63. The number of benzene rings is 1. The molecule has 0 heterocycles. The van der Waals surface area contributed by atoms with Gasteiger partial charge in [-0.05, 0) is 32.4 Å². The van der Waals surface area contributed by atoms with Gasteiger partial charge in [-0.15, -0.1) is 0 Å². The zero-order valence-electron chi connectivity index (χ0n) is 11.8. The standard InChI is InChI=1S/C14H19Cl2NO3/c1-9(18)7-8-17(3)14(19)10(2)20-12-6-4-5-11(15)13(12)16/h4-6,9-10,18H,7-8H2,1-3H3. The van der Waals surface area contributed by atoms with Gasteiger partial charge in [-0.2, -0.15) is 0 Å². The third-order valence-corrected chi connectivity index (χ3v) is 3.63. The van der Waals surface area contributed by atoms with Crippen molar-refractivity contribution in [1.82, 2.24) is 4.90 Å². The minimum atomic E-state index is -0.676. The van der Waals surface area contributed by atoms with Crippen molar-refractivity contribution >= 4 is 29.1 Å². The van der Waals surface area contributed by atoms with Crippen molar-refractivity contribution in [2.24, 2.45) is 0 Å². The number of ether oxygens (including phenoxy) is 1. The van der Waals surface area contributed by atoms with Gasteiger partial charge in [0.2, 0.25) is 0 Å². The Morgan fingerprint density at radius 3 is 2.65 bits per heavy atom. The molecule has 0 aromatic heterocycles. The zero-order valence-corrected chi connectivity index (χ0v) is 13.3. The van der Waals surface area contributed by atoms with Crippen LogP contribution in [0.25, 0.3) is 0 Å². The number of halogens is 2. The molecule has 20 heavy (non-hydrogen) atoms. The molecule has 4 nitrogen and oxygen atoms in total. The van der Waals surface area contributed by atoms with Crippen molar-refractivity contribution in [3.8, 4) is 5.75 Å². The average Bonchev–Trinajstić information content (AvgIpc) is 2.40. The maximum atomic E-state index is 12.1. The molecule has 0 bridgehead atoms. The maximum Gasteiger partial charge on any atom is 0.263 e. The Kier molecular flexibility index (Phi) is 6.59. The van der Waals surface area contributed by atoms with Crippen molar-refractivity contribution in [3.05, 3.63) is 28.2 Å². The van der Waals surface area contributed by atoms with Gasteiger partial charge in [-0.25, -0.2) is 0 Å². The molecular formula is C14H19Cl2NO3. The summed E-state index contributed by atoms with van der Waals surface area (Å²) in [6, 6.07) is 5.02. The molecule has 0 aliphatic rings. The minimum Gasteiger partial charge on any atom is -0.479 e. The highest BCUT2D eigenvalue weighted by atomic mass is 35.5. The van der Waals surface area contributed by atoms with Crippen LogP contribution in [-0.2, 0) is 4.79 Å². The van der Waals surface area contributed by atoms with Gasteiger partial charge in [0, 0.05) is 13.6 Å². The second kappa shape index (κ2) is 7.72. The van der Waals surface area contributed by atoms with E-state index in [1.807, 2.05) is 0 Å². The fraction of sp³-hybridized carbons (Fsp3) is 0.500. The lowest BCUT2D eigenvalue weighted by Gasteiger charge is -2.23. The Labute approximate surface area is 129 Å². The highest BCUT2D eigenvalue weighted by molar-refractivity contribution is 6.42. The van der Waals surface area contributed by atoms with Crippen LogP contribution < -0.4 is 4.74 Å². The second-order valence-electron chi connectivity index (χ2n) is 4.71. The average molecular weight is 320 g/mol. The Hall–Kier alpha value is -0.970. The molecule has 0 aliphatic carbocycles. The molecule has 0 radical (unpaired) electrons. The number of hydrogen-bond donors (Lipinski definition) is 1. The predicted octanol–water partition coefficient (Wildman–Crippen LogP) is 2.99. The van der Waals surface area contributed by atoms with Crippen LogP contribution in [0.15, 0.2) is 18.2 Å². The van der Waals surface area contributed by atoms with Crippen molar-refractivity contribution in [1.29, 1.82) is 0 Å². The van der Waals surface area contributed by atoms with Crippen LogP contribution in [0.4, 0.5) is 0 Å². The number of aliphatic hydroxyl groups is 1. The summed E-state index contributed by atoms with van der Waals surface area (Å²) in [7, 11) is 1.67. The summed E-state index contributed by atoms with van der Waals surface area (Å²) in [4.78, 5) is 13.6. The molecule has 0 fully saturated rings. The molecule has 0 saturated carbocycles. The van der Waals surface area contributed by atoms with Crippen LogP contribution in [0, 0.1) is 0 Å². The second-order valence-corrected chi connectivity index (χ2v) is 5.49. The van der Waals surface area contributed by atoms with E-state index in [1.165, 1.54) is 4.90 Å². The lowest BCUT2D eigenvalue weighted by atomic mass is 10.2.